The van der Waals surface area contributed by atoms with Crippen LogP contribution in [-0.2, 0) is 5.41 Å². The Bertz CT molecular complexity index is 2380. The molecule has 0 fully saturated rings. The molecule has 0 atom stereocenters. The van der Waals surface area contributed by atoms with Gasteiger partial charge in [-0.1, -0.05) is 135 Å². The minimum absolute atomic E-state index is 0.140. The lowest BCUT2D eigenvalue weighted by molar-refractivity contribution is 0.659. The molecule has 0 radical (unpaired) electrons. The van der Waals surface area contributed by atoms with Gasteiger partial charge in [0.15, 0.2) is 0 Å². The summed E-state index contributed by atoms with van der Waals surface area (Å²) in [7, 11) is 0. The van der Waals surface area contributed by atoms with Crippen LogP contribution in [0.4, 0.5) is 0 Å². The smallest absolute Gasteiger partial charge is 0.144 e. The number of rotatable bonds is 2. The number of fused-ring (bicyclic) bond motifs is 8. The van der Waals surface area contributed by atoms with Gasteiger partial charge in [0.05, 0.1) is 0 Å². The Morgan fingerprint density at radius 1 is 0.500 bits per heavy atom. The number of furan rings is 1. The molecule has 1 aromatic heterocycles. The summed E-state index contributed by atoms with van der Waals surface area (Å²) >= 11 is 0. The van der Waals surface area contributed by atoms with E-state index in [1.165, 1.54) is 71.4 Å². The van der Waals surface area contributed by atoms with Crippen LogP contribution in [0.5, 0.6) is 0 Å². The van der Waals surface area contributed by atoms with Crippen LogP contribution < -0.4 is 0 Å². The summed E-state index contributed by atoms with van der Waals surface area (Å²) in [5.41, 5.74) is 12.0. The van der Waals surface area contributed by atoms with E-state index in [4.69, 9.17) is 4.42 Å². The molecule has 1 nitrogen and oxygen atoms in total. The highest BCUT2D eigenvalue weighted by Crippen LogP contribution is 2.55. The first-order valence-electron chi connectivity index (χ1n) is 14.7. The third-order valence-electron chi connectivity index (χ3n) is 9.43. The van der Waals surface area contributed by atoms with Crippen molar-refractivity contribution in [2.75, 3.05) is 0 Å². The molecule has 0 saturated heterocycles. The molecule has 198 valence electrons. The van der Waals surface area contributed by atoms with Crippen molar-refractivity contribution >= 4 is 43.5 Å². The van der Waals surface area contributed by atoms with E-state index >= 15 is 0 Å². The maximum absolute atomic E-state index is 6.90. The van der Waals surface area contributed by atoms with Gasteiger partial charge in [-0.15, -0.1) is 0 Å². The minimum Gasteiger partial charge on any atom is -0.455 e. The third-order valence-corrected chi connectivity index (χ3v) is 9.43. The van der Waals surface area contributed by atoms with E-state index in [1.54, 1.807) is 0 Å². The van der Waals surface area contributed by atoms with Crippen LogP contribution >= 0.6 is 0 Å². The van der Waals surface area contributed by atoms with Gasteiger partial charge in [0, 0.05) is 27.3 Å². The van der Waals surface area contributed by atoms with Gasteiger partial charge in [-0.3, -0.25) is 0 Å². The molecule has 0 spiro atoms. The first-order valence-corrected chi connectivity index (χ1v) is 14.7. The van der Waals surface area contributed by atoms with Crippen molar-refractivity contribution in [3.63, 3.8) is 0 Å². The van der Waals surface area contributed by atoms with E-state index in [0.29, 0.717) is 0 Å². The van der Waals surface area contributed by atoms with Gasteiger partial charge < -0.3 is 4.42 Å². The average Bonchev–Trinajstić information content (AvgIpc) is 3.52. The van der Waals surface area contributed by atoms with E-state index in [0.717, 1.165) is 16.6 Å². The molecule has 1 heterocycles. The van der Waals surface area contributed by atoms with E-state index in [2.05, 4.69) is 147 Å². The lowest BCUT2D eigenvalue weighted by Crippen LogP contribution is -2.16. The van der Waals surface area contributed by atoms with Crippen LogP contribution in [0.2, 0.25) is 0 Å². The van der Waals surface area contributed by atoms with Gasteiger partial charge in [0.1, 0.15) is 11.2 Å². The van der Waals surface area contributed by atoms with Crippen LogP contribution in [0.25, 0.3) is 76.9 Å². The highest BCUT2D eigenvalue weighted by molar-refractivity contribution is 6.27. The summed E-state index contributed by atoms with van der Waals surface area (Å²) in [6, 6.07) is 48.5. The Morgan fingerprint density at radius 2 is 1.14 bits per heavy atom. The Morgan fingerprint density at radius 3 is 2.00 bits per heavy atom. The van der Waals surface area contributed by atoms with Gasteiger partial charge in [-0.25, -0.2) is 0 Å². The second-order valence-electron chi connectivity index (χ2n) is 12.1. The van der Waals surface area contributed by atoms with Crippen LogP contribution in [0.1, 0.15) is 25.0 Å². The maximum atomic E-state index is 6.90. The van der Waals surface area contributed by atoms with Crippen molar-refractivity contribution in [3.8, 4) is 33.4 Å². The van der Waals surface area contributed by atoms with Crippen molar-refractivity contribution in [2.24, 2.45) is 0 Å². The SMILES string of the molecule is CC1(C)c2ccccc2-c2cccc(-c3c4ccccc4c(-c4ccc5ccccc5c4)c4c3oc3ccccc34)c21. The van der Waals surface area contributed by atoms with Gasteiger partial charge in [-0.2, -0.15) is 0 Å². The number of benzene rings is 7. The number of hydrogen-bond donors (Lipinski definition) is 0. The first-order chi connectivity index (χ1) is 20.6. The second-order valence-corrected chi connectivity index (χ2v) is 12.1. The average molecular weight is 537 g/mol. The Kier molecular flexibility index (Phi) is 4.73. The van der Waals surface area contributed by atoms with E-state index in [-0.39, 0.29) is 5.41 Å². The summed E-state index contributed by atoms with van der Waals surface area (Å²) in [4.78, 5) is 0. The van der Waals surface area contributed by atoms with Crippen molar-refractivity contribution in [3.05, 3.63) is 145 Å². The lowest BCUT2D eigenvalue weighted by Gasteiger charge is -2.25. The minimum atomic E-state index is -0.140. The van der Waals surface area contributed by atoms with Crippen LogP contribution in [0, 0.1) is 0 Å². The fraction of sp³-hybridized carbons (Fsp3) is 0.0732. The lowest BCUT2D eigenvalue weighted by atomic mass is 9.77. The zero-order valence-corrected chi connectivity index (χ0v) is 23.6. The van der Waals surface area contributed by atoms with Gasteiger partial charge in [-0.05, 0) is 67.1 Å². The molecule has 1 heteroatoms. The molecule has 0 N–H and O–H groups in total. The highest BCUT2D eigenvalue weighted by atomic mass is 16.3. The van der Waals surface area contributed by atoms with E-state index in [9.17, 15) is 0 Å². The maximum Gasteiger partial charge on any atom is 0.144 e. The molecule has 7 aromatic carbocycles. The largest absolute Gasteiger partial charge is 0.455 e. The Hall–Kier alpha value is -5.14. The zero-order chi connectivity index (χ0) is 28.0. The van der Waals surface area contributed by atoms with E-state index < -0.39 is 0 Å². The molecule has 9 rings (SSSR count). The summed E-state index contributed by atoms with van der Waals surface area (Å²) in [5, 5.41) is 7.28. The van der Waals surface area contributed by atoms with Crippen molar-refractivity contribution in [1.29, 1.82) is 0 Å². The molecule has 8 aromatic rings. The number of para-hydroxylation sites is 1. The molecule has 1 aliphatic rings. The van der Waals surface area contributed by atoms with E-state index in [1.807, 2.05) is 0 Å². The Labute approximate surface area is 244 Å². The third kappa shape index (κ3) is 3.08. The van der Waals surface area contributed by atoms with Gasteiger partial charge in [0.2, 0.25) is 0 Å². The highest BCUT2D eigenvalue weighted by Gasteiger charge is 2.38. The fourth-order valence-corrected chi connectivity index (χ4v) is 7.61. The van der Waals surface area contributed by atoms with Crippen LogP contribution in [-0.4, -0.2) is 0 Å². The van der Waals surface area contributed by atoms with Crippen molar-refractivity contribution in [2.45, 2.75) is 19.3 Å². The normalized spacial score (nSPS) is 13.7. The predicted molar refractivity (Wildman–Crippen MR) is 177 cm³/mol. The molecule has 0 amide bonds. The monoisotopic (exact) mass is 536 g/mol. The molecular weight excluding hydrogens is 508 g/mol. The van der Waals surface area contributed by atoms with Crippen LogP contribution in [0.3, 0.4) is 0 Å². The molecule has 42 heavy (non-hydrogen) atoms. The topological polar surface area (TPSA) is 13.1 Å². The zero-order valence-electron chi connectivity index (χ0n) is 23.6. The predicted octanol–water partition coefficient (Wildman–Crippen LogP) is 11.5. The van der Waals surface area contributed by atoms with Crippen molar-refractivity contribution < 1.29 is 4.42 Å². The second kappa shape index (κ2) is 8.44. The Balaban J connectivity index is 1.47. The standard InChI is InChI=1S/C41H28O/c1-41(2)34-20-9-7-14-28(34)31-18-11-19-33(39(31)41)37-30-16-6-5-15-29(30)36(27-23-22-25-12-3-4-13-26(25)24-27)38-32-17-8-10-21-35(32)42-40(37)38/h3-24H,1-2H3. The molecule has 0 bridgehead atoms. The fourth-order valence-electron chi connectivity index (χ4n) is 7.61. The number of hydrogen-bond acceptors (Lipinski definition) is 1. The quantitative estimate of drug-likeness (QED) is 0.214. The molecule has 1 aliphatic carbocycles. The summed E-state index contributed by atoms with van der Waals surface area (Å²) in [6.07, 6.45) is 0. The molecular formula is C41H28O. The summed E-state index contributed by atoms with van der Waals surface area (Å²) in [6.45, 7) is 4.73. The molecule has 0 aliphatic heterocycles. The summed E-state index contributed by atoms with van der Waals surface area (Å²) in [5.74, 6) is 0. The summed E-state index contributed by atoms with van der Waals surface area (Å²) < 4.78 is 6.90. The van der Waals surface area contributed by atoms with Crippen LogP contribution in [0.15, 0.2) is 138 Å². The molecule has 0 unspecified atom stereocenters. The molecule has 0 saturated carbocycles. The van der Waals surface area contributed by atoms with Gasteiger partial charge >= 0.3 is 0 Å². The van der Waals surface area contributed by atoms with Crippen molar-refractivity contribution in [1.82, 2.24) is 0 Å². The van der Waals surface area contributed by atoms with Gasteiger partial charge in [0.25, 0.3) is 0 Å². The first kappa shape index (κ1) is 23.6.